The first kappa shape index (κ1) is 18.1. The summed E-state index contributed by atoms with van der Waals surface area (Å²) in [5, 5.41) is 9.05. The molecule has 4 N–H and O–H groups in total. The van der Waals surface area contributed by atoms with Gasteiger partial charge in [-0.05, 0) is 19.1 Å². The smallest absolute Gasteiger partial charge is 0.418 e. The molecule has 2 atom stereocenters. The maximum atomic E-state index is 14.0. The summed E-state index contributed by atoms with van der Waals surface area (Å²) in [6.07, 6.45) is -5.24. The number of hydrogen-bond donors (Lipinski definition) is 3. The summed E-state index contributed by atoms with van der Waals surface area (Å²) in [6.45, 7) is 1.53. The highest BCUT2D eigenvalue weighted by molar-refractivity contribution is 5.98. The van der Waals surface area contributed by atoms with Gasteiger partial charge in [0.15, 0.2) is 5.82 Å². The molecule has 0 bridgehead atoms. The van der Waals surface area contributed by atoms with E-state index in [0.29, 0.717) is 0 Å². The zero-order valence-corrected chi connectivity index (χ0v) is 16.5. The standard InChI is InChI=1S/C19H19F4N7O2/c1-8-9(14-4-11(19(21,22)23)15-16(24)26-7-27-30(14)15)3-10(18(28-8)32-2)17(31)29-13-6-25-5-12(13)20/h3-4,7,12-13,25H,5-6H2,1-2H3,(H,29,31)(H2,24,26,27)/t12-,13+/m0/s1/i2D3. The number of alkyl halides is 4. The Hall–Kier alpha value is -3.48. The average molecular weight is 456 g/mol. The third-order valence-corrected chi connectivity index (χ3v) is 5.14. The van der Waals surface area contributed by atoms with E-state index in [1.165, 1.54) is 6.92 Å². The van der Waals surface area contributed by atoms with E-state index in [2.05, 4.69) is 25.7 Å². The number of methoxy groups -OCH3 is 1. The number of anilines is 1. The molecule has 0 spiro atoms. The third kappa shape index (κ3) is 3.68. The van der Waals surface area contributed by atoms with Gasteiger partial charge in [-0.2, -0.15) is 18.3 Å². The molecule has 170 valence electrons. The number of nitrogens with two attached hydrogens (primary N) is 1. The molecule has 0 aromatic carbocycles. The van der Waals surface area contributed by atoms with Gasteiger partial charge >= 0.3 is 6.18 Å². The minimum atomic E-state index is -4.81. The van der Waals surface area contributed by atoms with Crippen LogP contribution in [0.2, 0.25) is 0 Å². The highest BCUT2D eigenvalue weighted by Gasteiger charge is 2.37. The van der Waals surface area contributed by atoms with E-state index in [1.54, 1.807) is 0 Å². The summed E-state index contributed by atoms with van der Waals surface area (Å²) in [5.74, 6) is -1.93. The Morgan fingerprint density at radius 3 is 2.84 bits per heavy atom. The van der Waals surface area contributed by atoms with Crippen molar-refractivity contribution in [3.8, 4) is 17.1 Å². The quantitative estimate of drug-likeness (QED) is 0.512. The molecule has 13 heteroatoms. The van der Waals surface area contributed by atoms with Crippen LogP contribution in [-0.4, -0.2) is 57.8 Å². The fraction of sp³-hybridized carbons (Fsp3) is 0.368. The van der Waals surface area contributed by atoms with E-state index in [4.69, 9.17) is 14.6 Å². The van der Waals surface area contributed by atoms with E-state index in [0.717, 1.165) is 23.0 Å². The predicted molar refractivity (Wildman–Crippen MR) is 106 cm³/mol. The lowest BCUT2D eigenvalue weighted by atomic mass is 10.1. The number of nitrogens with one attached hydrogen (secondary N) is 2. The predicted octanol–water partition coefficient (Wildman–Crippen LogP) is 1.75. The van der Waals surface area contributed by atoms with Crippen molar-refractivity contribution in [3.63, 3.8) is 0 Å². The number of hydrogen-bond acceptors (Lipinski definition) is 7. The zero-order valence-electron chi connectivity index (χ0n) is 19.5. The molecule has 1 aliphatic heterocycles. The molecule has 0 radical (unpaired) electrons. The lowest BCUT2D eigenvalue weighted by Crippen LogP contribution is -2.41. The molecule has 1 amide bonds. The average Bonchev–Trinajstić information content (AvgIpc) is 3.31. The number of aryl methyl sites for hydroxylation is 1. The zero-order chi connectivity index (χ0) is 25.7. The van der Waals surface area contributed by atoms with Crippen molar-refractivity contribution >= 4 is 17.2 Å². The number of nitrogens with zero attached hydrogens (tertiary/aromatic N) is 4. The summed E-state index contributed by atoms with van der Waals surface area (Å²) in [7, 11) is -2.99. The first-order chi connectivity index (χ1) is 16.3. The lowest BCUT2D eigenvalue weighted by molar-refractivity contribution is -0.136. The number of fused-ring (bicyclic) bond motifs is 1. The summed E-state index contributed by atoms with van der Waals surface area (Å²) < 4.78 is 83.0. The number of aromatic nitrogens is 4. The Morgan fingerprint density at radius 1 is 1.41 bits per heavy atom. The van der Waals surface area contributed by atoms with Crippen molar-refractivity contribution in [2.45, 2.75) is 25.3 Å². The molecular formula is C19H19F4N7O2. The molecule has 0 saturated carbocycles. The van der Waals surface area contributed by atoms with Gasteiger partial charge in [0, 0.05) is 18.7 Å². The molecular weight excluding hydrogens is 434 g/mol. The van der Waals surface area contributed by atoms with Crippen molar-refractivity contribution in [2.24, 2.45) is 0 Å². The van der Waals surface area contributed by atoms with Crippen molar-refractivity contribution in [3.05, 3.63) is 35.3 Å². The van der Waals surface area contributed by atoms with Crippen molar-refractivity contribution in [1.29, 1.82) is 0 Å². The van der Waals surface area contributed by atoms with Gasteiger partial charge < -0.3 is 21.1 Å². The van der Waals surface area contributed by atoms with Gasteiger partial charge in [0.1, 0.15) is 23.6 Å². The summed E-state index contributed by atoms with van der Waals surface area (Å²) in [5.41, 5.74) is 3.58. The van der Waals surface area contributed by atoms with Gasteiger partial charge in [-0.1, -0.05) is 0 Å². The van der Waals surface area contributed by atoms with Crippen LogP contribution in [0.4, 0.5) is 23.4 Å². The number of carbonyl (C=O) groups is 1. The maximum absolute atomic E-state index is 14.0. The van der Waals surface area contributed by atoms with Gasteiger partial charge in [0.2, 0.25) is 5.88 Å². The molecule has 3 aromatic rings. The van der Waals surface area contributed by atoms with Gasteiger partial charge in [-0.15, -0.1) is 0 Å². The number of ether oxygens (including phenoxy) is 1. The van der Waals surface area contributed by atoms with E-state index in [9.17, 15) is 22.4 Å². The first-order valence-corrected chi connectivity index (χ1v) is 9.32. The Morgan fingerprint density at radius 2 is 2.19 bits per heavy atom. The minimum Gasteiger partial charge on any atom is -0.480 e. The largest absolute Gasteiger partial charge is 0.480 e. The second-order valence-corrected chi connectivity index (χ2v) is 7.18. The van der Waals surface area contributed by atoms with Crippen LogP contribution in [0.15, 0.2) is 18.5 Å². The molecule has 3 aromatic heterocycles. The second kappa shape index (κ2) is 7.89. The van der Waals surface area contributed by atoms with E-state index < -0.39 is 59.7 Å². The number of rotatable bonds is 4. The van der Waals surface area contributed by atoms with Crippen LogP contribution in [0, 0.1) is 6.92 Å². The van der Waals surface area contributed by atoms with Crippen LogP contribution in [-0.2, 0) is 6.18 Å². The molecule has 1 saturated heterocycles. The Kier molecular flexibility index (Phi) is 4.47. The monoisotopic (exact) mass is 456 g/mol. The molecule has 32 heavy (non-hydrogen) atoms. The highest BCUT2D eigenvalue weighted by atomic mass is 19.4. The second-order valence-electron chi connectivity index (χ2n) is 7.18. The van der Waals surface area contributed by atoms with Crippen LogP contribution in [0.5, 0.6) is 5.88 Å². The molecule has 9 nitrogen and oxygen atoms in total. The number of amides is 1. The van der Waals surface area contributed by atoms with Crippen molar-refractivity contribution in [2.75, 3.05) is 25.9 Å². The first-order valence-electron chi connectivity index (χ1n) is 10.8. The Balaban J connectivity index is 1.89. The Labute approximate surface area is 183 Å². The fourth-order valence-corrected chi connectivity index (χ4v) is 3.59. The van der Waals surface area contributed by atoms with Crippen LogP contribution >= 0.6 is 0 Å². The van der Waals surface area contributed by atoms with E-state index >= 15 is 0 Å². The van der Waals surface area contributed by atoms with E-state index in [1.807, 2.05) is 0 Å². The molecule has 4 heterocycles. The highest BCUT2D eigenvalue weighted by Crippen LogP contribution is 2.39. The number of nitrogen functional groups attached to an aromatic ring is 1. The number of halogens is 4. The van der Waals surface area contributed by atoms with Gasteiger partial charge in [0.05, 0.1) is 34.1 Å². The summed E-state index contributed by atoms with van der Waals surface area (Å²) >= 11 is 0. The summed E-state index contributed by atoms with van der Waals surface area (Å²) in [4.78, 5) is 20.6. The third-order valence-electron chi connectivity index (χ3n) is 5.14. The Bertz CT molecular complexity index is 1300. The van der Waals surface area contributed by atoms with Crippen LogP contribution in [0.25, 0.3) is 16.8 Å². The normalized spacial score (nSPS) is 20.6. The fourth-order valence-electron chi connectivity index (χ4n) is 3.59. The molecule has 1 fully saturated rings. The lowest BCUT2D eigenvalue weighted by Gasteiger charge is -2.16. The number of pyridine rings is 1. The molecule has 0 unspecified atom stereocenters. The molecule has 1 aliphatic rings. The SMILES string of the molecule is [2H]C([2H])([2H])Oc1nc(C)c(-c2cc(C(F)(F)F)c3c(N)ncnn23)cc1C(=O)N[C@@H]1CNC[C@@H]1F. The van der Waals surface area contributed by atoms with Crippen LogP contribution in [0.1, 0.15) is 25.7 Å². The van der Waals surface area contributed by atoms with Gasteiger partial charge in [0.25, 0.3) is 5.91 Å². The molecule has 4 rings (SSSR count). The topological polar surface area (TPSA) is 119 Å². The minimum absolute atomic E-state index is 0.0120. The van der Waals surface area contributed by atoms with E-state index in [-0.39, 0.29) is 30.0 Å². The van der Waals surface area contributed by atoms with Gasteiger partial charge in [-0.3, -0.25) is 4.79 Å². The number of carbonyl (C=O) groups excluding carboxylic acids is 1. The van der Waals surface area contributed by atoms with Crippen molar-refractivity contribution in [1.82, 2.24) is 30.2 Å². The maximum Gasteiger partial charge on any atom is 0.418 e. The van der Waals surface area contributed by atoms with Crippen LogP contribution < -0.4 is 21.1 Å². The molecule has 0 aliphatic carbocycles. The summed E-state index contributed by atoms with van der Waals surface area (Å²) in [6, 6.07) is 0.982. The van der Waals surface area contributed by atoms with Crippen LogP contribution in [0.3, 0.4) is 0 Å². The van der Waals surface area contributed by atoms with Gasteiger partial charge in [-0.25, -0.2) is 18.9 Å². The van der Waals surface area contributed by atoms with Crippen molar-refractivity contribution < 1.29 is 31.2 Å².